The van der Waals surface area contributed by atoms with Crippen molar-refractivity contribution in [1.82, 2.24) is 9.88 Å². The van der Waals surface area contributed by atoms with Crippen LogP contribution in [0, 0.1) is 5.92 Å². The third-order valence-electron chi connectivity index (χ3n) is 3.71. The average Bonchev–Trinajstić information content (AvgIpc) is 2.48. The highest BCUT2D eigenvalue weighted by molar-refractivity contribution is 6.30. The molecular weight excluding hydrogens is 278 g/mol. The Bertz CT molecular complexity index is 452. The fourth-order valence-corrected chi connectivity index (χ4v) is 2.56. The van der Waals surface area contributed by atoms with Gasteiger partial charge in [0.2, 0.25) is 5.91 Å². The van der Waals surface area contributed by atoms with E-state index in [1.165, 1.54) is 6.20 Å². The number of nitrogens with zero attached hydrogens (tertiary/aromatic N) is 2. The van der Waals surface area contributed by atoms with Gasteiger partial charge in [0.1, 0.15) is 5.82 Å². The van der Waals surface area contributed by atoms with Crippen molar-refractivity contribution in [2.75, 3.05) is 25.0 Å². The molecule has 1 aliphatic heterocycles. The number of likely N-dealkylation sites (tertiary alicyclic amines) is 1. The molecule has 1 fully saturated rings. The van der Waals surface area contributed by atoms with Gasteiger partial charge >= 0.3 is 0 Å². The molecule has 0 aromatic carbocycles. The van der Waals surface area contributed by atoms with Gasteiger partial charge < -0.3 is 10.4 Å². The number of hydrogen-bond donors (Lipinski definition) is 2. The number of carbonyl (C=O) groups is 1. The minimum atomic E-state index is -0.234. The van der Waals surface area contributed by atoms with E-state index in [-0.39, 0.29) is 24.5 Å². The van der Waals surface area contributed by atoms with Crippen LogP contribution in [0.3, 0.4) is 0 Å². The zero-order valence-corrected chi connectivity index (χ0v) is 12.3. The van der Waals surface area contributed by atoms with Crippen molar-refractivity contribution in [2.24, 2.45) is 5.92 Å². The number of carbonyl (C=O) groups excluding carboxylic acids is 1. The maximum Gasteiger partial charge on any atom is 0.242 e. The molecular formula is C14H20ClN3O2. The summed E-state index contributed by atoms with van der Waals surface area (Å²) in [7, 11) is 0. The normalized spacial score (nSPS) is 21.4. The Balaban J connectivity index is 1.92. The molecule has 2 atom stereocenters. The summed E-state index contributed by atoms with van der Waals surface area (Å²) in [6.07, 6.45) is 3.55. The fraction of sp³-hybridized carbons (Fsp3) is 0.571. The first-order valence-corrected chi connectivity index (χ1v) is 7.25. The summed E-state index contributed by atoms with van der Waals surface area (Å²) < 4.78 is 0. The fourth-order valence-electron chi connectivity index (χ4n) is 2.44. The minimum absolute atomic E-state index is 0.0848. The number of nitrogens with one attached hydrogen (secondary N) is 1. The second kappa shape index (κ2) is 7.02. The molecule has 2 rings (SSSR count). The van der Waals surface area contributed by atoms with E-state index in [9.17, 15) is 9.90 Å². The number of piperidine rings is 1. The van der Waals surface area contributed by atoms with Crippen LogP contribution in [0.25, 0.3) is 0 Å². The predicted molar refractivity (Wildman–Crippen MR) is 78.7 cm³/mol. The van der Waals surface area contributed by atoms with Gasteiger partial charge in [0.25, 0.3) is 0 Å². The van der Waals surface area contributed by atoms with Crippen LogP contribution in [0.15, 0.2) is 18.3 Å². The van der Waals surface area contributed by atoms with Gasteiger partial charge in [0.05, 0.1) is 11.1 Å². The van der Waals surface area contributed by atoms with E-state index in [1.807, 2.05) is 6.92 Å². The van der Waals surface area contributed by atoms with E-state index < -0.39 is 0 Å². The Labute approximate surface area is 123 Å². The van der Waals surface area contributed by atoms with Gasteiger partial charge in [0, 0.05) is 19.3 Å². The lowest BCUT2D eigenvalue weighted by molar-refractivity contribution is -0.121. The quantitative estimate of drug-likeness (QED) is 0.889. The molecule has 6 heteroatoms. The van der Waals surface area contributed by atoms with Gasteiger partial charge in [-0.05, 0) is 44.4 Å². The standard InChI is InChI=1S/C14H20ClN3O2/c1-10(18-6-2-3-11(8-18)9-19)14(20)17-13-5-4-12(15)7-16-13/h4-5,7,10-11,19H,2-3,6,8-9H2,1H3,(H,16,17,20). The van der Waals surface area contributed by atoms with Crippen molar-refractivity contribution in [3.63, 3.8) is 0 Å². The maximum atomic E-state index is 12.2. The Morgan fingerprint density at radius 3 is 3.10 bits per heavy atom. The van der Waals surface area contributed by atoms with Crippen molar-refractivity contribution < 1.29 is 9.90 Å². The summed E-state index contributed by atoms with van der Waals surface area (Å²) in [4.78, 5) is 18.4. The minimum Gasteiger partial charge on any atom is -0.396 e. The number of anilines is 1. The zero-order chi connectivity index (χ0) is 14.5. The first-order chi connectivity index (χ1) is 9.60. The van der Waals surface area contributed by atoms with Crippen molar-refractivity contribution in [1.29, 1.82) is 0 Å². The average molecular weight is 298 g/mol. The smallest absolute Gasteiger partial charge is 0.242 e. The number of hydrogen-bond acceptors (Lipinski definition) is 4. The summed E-state index contributed by atoms with van der Waals surface area (Å²) in [5.41, 5.74) is 0. The van der Waals surface area contributed by atoms with Gasteiger partial charge in [-0.25, -0.2) is 4.98 Å². The number of aromatic nitrogens is 1. The molecule has 0 bridgehead atoms. The molecule has 1 amide bonds. The van der Waals surface area contributed by atoms with E-state index in [0.717, 1.165) is 25.9 Å². The monoisotopic (exact) mass is 297 g/mol. The summed E-state index contributed by atoms with van der Waals surface area (Å²) in [6.45, 7) is 3.72. The molecule has 1 saturated heterocycles. The van der Waals surface area contributed by atoms with Crippen molar-refractivity contribution in [2.45, 2.75) is 25.8 Å². The topological polar surface area (TPSA) is 65.5 Å². The Morgan fingerprint density at radius 1 is 1.65 bits per heavy atom. The Kier molecular flexibility index (Phi) is 5.34. The van der Waals surface area contributed by atoms with E-state index in [0.29, 0.717) is 10.8 Å². The zero-order valence-electron chi connectivity index (χ0n) is 11.6. The number of rotatable bonds is 4. The lowest BCUT2D eigenvalue weighted by atomic mass is 9.97. The number of aliphatic hydroxyl groups is 1. The molecule has 0 radical (unpaired) electrons. The molecule has 1 aliphatic rings. The lowest BCUT2D eigenvalue weighted by Gasteiger charge is -2.35. The molecule has 0 saturated carbocycles. The highest BCUT2D eigenvalue weighted by Crippen LogP contribution is 2.18. The van der Waals surface area contributed by atoms with Gasteiger partial charge in [-0.1, -0.05) is 11.6 Å². The molecule has 2 heterocycles. The summed E-state index contributed by atoms with van der Waals surface area (Å²) in [5.74, 6) is 0.688. The van der Waals surface area contributed by atoms with Crippen LogP contribution in [0.5, 0.6) is 0 Å². The SMILES string of the molecule is CC(C(=O)Nc1ccc(Cl)cn1)N1CCCC(CO)C1. The molecule has 0 spiro atoms. The van der Waals surface area contributed by atoms with Crippen LogP contribution in [-0.4, -0.2) is 46.6 Å². The highest BCUT2D eigenvalue weighted by atomic mass is 35.5. The van der Waals surface area contributed by atoms with Crippen LogP contribution >= 0.6 is 11.6 Å². The van der Waals surface area contributed by atoms with E-state index in [2.05, 4.69) is 15.2 Å². The molecule has 5 nitrogen and oxygen atoms in total. The highest BCUT2D eigenvalue weighted by Gasteiger charge is 2.27. The van der Waals surface area contributed by atoms with Crippen LogP contribution in [0.4, 0.5) is 5.82 Å². The molecule has 1 aromatic heterocycles. The van der Waals surface area contributed by atoms with Crippen LogP contribution in [0.1, 0.15) is 19.8 Å². The summed E-state index contributed by atoms with van der Waals surface area (Å²) in [5, 5.41) is 12.6. The van der Waals surface area contributed by atoms with E-state index in [4.69, 9.17) is 11.6 Å². The number of halogens is 1. The van der Waals surface area contributed by atoms with Crippen LogP contribution in [-0.2, 0) is 4.79 Å². The maximum absolute atomic E-state index is 12.2. The third-order valence-corrected chi connectivity index (χ3v) is 3.94. The number of aliphatic hydroxyl groups excluding tert-OH is 1. The molecule has 20 heavy (non-hydrogen) atoms. The third kappa shape index (κ3) is 3.91. The van der Waals surface area contributed by atoms with Crippen molar-refractivity contribution in [3.8, 4) is 0 Å². The second-order valence-corrected chi connectivity index (χ2v) is 5.65. The van der Waals surface area contributed by atoms with Crippen molar-refractivity contribution >= 4 is 23.3 Å². The number of pyridine rings is 1. The predicted octanol–water partition coefficient (Wildman–Crippen LogP) is 1.77. The van der Waals surface area contributed by atoms with E-state index in [1.54, 1.807) is 12.1 Å². The first-order valence-electron chi connectivity index (χ1n) is 6.87. The van der Waals surface area contributed by atoms with Crippen molar-refractivity contribution in [3.05, 3.63) is 23.4 Å². The Hall–Kier alpha value is -1.17. The lowest BCUT2D eigenvalue weighted by Crippen LogP contribution is -2.47. The number of amides is 1. The molecule has 110 valence electrons. The summed E-state index contributed by atoms with van der Waals surface area (Å²) in [6, 6.07) is 3.14. The van der Waals surface area contributed by atoms with Crippen LogP contribution < -0.4 is 5.32 Å². The molecule has 2 N–H and O–H groups in total. The largest absolute Gasteiger partial charge is 0.396 e. The first kappa shape index (κ1) is 15.2. The van der Waals surface area contributed by atoms with Gasteiger partial charge in [-0.15, -0.1) is 0 Å². The summed E-state index contributed by atoms with van der Waals surface area (Å²) >= 11 is 5.76. The molecule has 2 unspecified atom stereocenters. The second-order valence-electron chi connectivity index (χ2n) is 5.21. The Morgan fingerprint density at radius 2 is 2.45 bits per heavy atom. The van der Waals surface area contributed by atoms with Gasteiger partial charge in [-0.3, -0.25) is 9.69 Å². The van der Waals surface area contributed by atoms with E-state index >= 15 is 0 Å². The van der Waals surface area contributed by atoms with Gasteiger partial charge in [-0.2, -0.15) is 0 Å². The van der Waals surface area contributed by atoms with Crippen LogP contribution in [0.2, 0.25) is 5.02 Å². The molecule has 1 aromatic rings. The molecule has 0 aliphatic carbocycles. The van der Waals surface area contributed by atoms with Gasteiger partial charge in [0.15, 0.2) is 0 Å².